The van der Waals surface area contributed by atoms with Crippen molar-refractivity contribution in [3.05, 3.63) is 45.4 Å². The van der Waals surface area contributed by atoms with Crippen molar-refractivity contribution in [1.29, 1.82) is 0 Å². The molecule has 5 nitrogen and oxygen atoms in total. The Morgan fingerprint density at radius 1 is 1.52 bits per heavy atom. The van der Waals surface area contributed by atoms with Crippen LogP contribution in [0.15, 0.2) is 29.8 Å². The number of ether oxygens (including phenoxy) is 1. The van der Waals surface area contributed by atoms with Crippen molar-refractivity contribution in [1.82, 2.24) is 10.3 Å². The van der Waals surface area contributed by atoms with E-state index < -0.39 is 0 Å². The van der Waals surface area contributed by atoms with Gasteiger partial charge in [0.05, 0.1) is 18.2 Å². The van der Waals surface area contributed by atoms with E-state index in [-0.39, 0.29) is 11.9 Å². The zero-order valence-electron chi connectivity index (χ0n) is 12.9. The minimum Gasteiger partial charge on any atom is -0.493 e. The number of carbonyl (C=O) groups is 1. The zero-order valence-corrected chi connectivity index (χ0v) is 14.5. The van der Waals surface area contributed by atoms with Crippen molar-refractivity contribution in [2.45, 2.75) is 25.8 Å². The fourth-order valence-corrected chi connectivity index (χ4v) is 2.98. The molecule has 0 aliphatic rings. The fourth-order valence-electron chi connectivity index (χ4n) is 2.05. The minimum atomic E-state index is -0.202. The molecule has 2 aromatic rings. The van der Waals surface area contributed by atoms with Gasteiger partial charge in [0, 0.05) is 16.6 Å². The van der Waals surface area contributed by atoms with Crippen molar-refractivity contribution in [3.63, 3.8) is 0 Å². The first-order chi connectivity index (χ1) is 11.2. The summed E-state index contributed by atoms with van der Waals surface area (Å²) in [5, 5.41) is 6.31. The highest BCUT2D eigenvalue weighted by atomic mass is 35.5. The van der Waals surface area contributed by atoms with E-state index in [0.717, 1.165) is 11.4 Å². The molecule has 0 radical (unpaired) electrons. The number of benzene rings is 1. The van der Waals surface area contributed by atoms with E-state index in [9.17, 15) is 4.79 Å². The Morgan fingerprint density at radius 3 is 3.00 bits per heavy atom. The van der Waals surface area contributed by atoms with Gasteiger partial charge in [0.2, 0.25) is 0 Å². The Bertz CT molecular complexity index is 634. The number of hydrogen-bond acceptors (Lipinski definition) is 5. The largest absolute Gasteiger partial charge is 0.493 e. The average molecular weight is 354 g/mol. The van der Waals surface area contributed by atoms with Gasteiger partial charge in [0.15, 0.2) is 0 Å². The molecule has 1 aromatic carbocycles. The van der Waals surface area contributed by atoms with E-state index in [2.05, 4.69) is 10.3 Å². The molecule has 1 heterocycles. The normalized spacial score (nSPS) is 12.0. The van der Waals surface area contributed by atoms with Gasteiger partial charge in [-0.2, -0.15) is 0 Å². The molecular weight excluding hydrogens is 334 g/mol. The van der Waals surface area contributed by atoms with Crippen LogP contribution in [0.4, 0.5) is 0 Å². The summed E-state index contributed by atoms with van der Waals surface area (Å²) >= 11 is 7.53. The third kappa shape index (κ3) is 4.92. The third-order valence-electron chi connectivity index (χ3n) is 3.26. The first-order valence-corrected chi connectivity index (χ1v) is 8.74. The monoisotopic (exact) mass is 353 g/mol. The Balaban J connectivity index is 2.14. The minimum absolute atomic E-state index is 0.116. The van der Waals surface area contributed by atoms with Gasteiger partial charge in [-0.1, -0.05) is 18.5 Å². The van der Waals surface area contributed by atoms with Crippen LogP contribution >= 0.6 is 22.9 Å². The Hall–Kier alpha value is -1.63. The summed E-state index contributed by atoms with van der Waals surface area (Å²) in [6.07, 6.45) is 3.21. The van der Waals surface area contributed by atoms with E-state index in [1.54, 1.807) is 24.4 Å². The van der Waals surface area contributed by atoms with Crippen LogP contribution in [0.1, 0.15) is 41.2 Å². The molecule has 1 atom stereocenters. The SMILES string of the molecule is CC[C@@H](NC(=O)c1ccc(Cl)cc1OCCCN)c1nccs1. The topological polar surface area (TPSA) is 77.2 Å². The van der Waals surface area contributed by atoms with Crippen molar-refractivity contribution in [3.8, 4) is 5.75 Å². The second-order valence-corrected chi connectivity index (χ2v) is 6.30. The lowest BCUT2D eigenvalue weighted by molar-refractivity contribution is 0.0931. The average Bonchev–Trinajstić information content (AvgIpc) is 3.07. The Kier molecular flexibility index (Phi) is 6.83. The smallest absolute Gasteiger partial charge is 0.255 e. The van der Waals surface area contributed by atoms with Gasteiger partial charge < -0.3 is 15.8 Å². The zero-order chi connectivity index (χ0) is 16.7. The number of thiazole rings is 1. The van der Waals surface area contributed by atoms with E-state index in [1.165, 1.54) is 11.3 Å². The van der Waals surface area contributed by atoms with Crippen LogP contribution in [0.5, 0.6) is 5.75 Å². The van der Waals surface area contributed by atoms with Crippen molar-refractivity contribution in [2.24, 2.45) is 5.73 Å². The van der Waals surface area contributed by atoms with Crippen LogP contribution < -0.4 is 15.8 Å². The van der Waals surface area contributed by atoms with Gasteiger partial charge in [-0.15, -0.1) is 11.3 Å². The van der Waals surface area contributed by atoms with Crippen LogP contribution in [0, 0.1) is 0 Å². The number of nitrogens with two attached hydrogens (primary N) is 1. The molecule has 23 heavy (non-hydrogen) atoms. The summed E-state index contributed by atoms with van der Waals surface area (Å²) in [6, 6.07) is 4.88. The van der Waals surface area contributed by atoms with Gasteiger partial charge >= 0.3 is 0 Å². The van der Waals surface area contributed by atoms with E-state index in [1.807, 2.05) is 12.3 Å². The molecule has 0 spiro atoms. The number of amides is 1. The summed E-state index contributed by atoms with van der Waals surface area (Å²) in [6.45, 7) is 2.98. The molecule has 0 fully saturated rings. The molecule has 124 valence electrons. The predicted octanol–water partition coefficient (Wildman–Crippen LogP) is 3.41. The van der Waals surface area contributed by atoms with Crippen molar-refractivity contribution >= 4 is 28.8 Å². The standard InChI is InChI=1S/C16H20ClN3O2S/c1-2-13(16-19-7-9-23-16)20-15(21)12-5-4-11(17)10-14(12)22-8-3-6-18/h4-5,7,9-10,13H,2-3,6,8,18H2,1H3,(H,20,21)/t13-/m1/s1. The third-order valence-corrected chi connectivity index (χ3v) is 4.38. The summed E-state index contributed by atoms with van der Waals surface area (Å²) in [7, 11) is 0. The van der Waals surface area contributed by atoms with Crippen molar-refractivity contribution < 1.29 is 9.53 Å². The number of carbonyl (C=O) groups excluding carboxylic acids is 1. The lowest BCUT2D eigenvalue weighted by Crippen LogP contribution is -2.28. The van der Waals surface area contributed by atoms with E-state index >= 15 is 0 Å². The first kappa shape index (κ1) is 17.7. The summed E-state index contributed by atoms with van der Waals surface area (Å²) in [5.41, 5.74) is 5.93. The fraction of sp³-hybridized carbons (Fsp3) is 0.375. The second kappa shape index (κ2) is 8.86. The first-order valence-electron chi connectivity index (χ1n) is 7.48. The van der Waals surface area contributed by atoms with E-state index in [0.29, 0.717) is 35.9 Å². The van der Waals surface area contributed by atoms with Gasteiger partial charge in [-0.25, -0.2) is 4.98 Å². The van der Waals surface area contributed by atoms with Crippen LogP contribution in [-0.2, 0) is 0 Å². The molecule has 0 aliphatic heterocycles. The molecule has 1 aromatic heterocycles. The maximum absolute atomic E-state index is 12.6. The van der Waals surface area contributed by atoms with Gasteiger partial charge in [-0.05, 0) is 37.6 Å². The van der Waals surface area contributed by atoms with Crippen LogP contribution in [0.3, 0.4) is 0 Å². The summed E-state index contributed by atoms with van der Waals surface area (Å²) in [5.74, 6) is 0.268. The molecule has 0 saturated carbocycles. The summed E-state index contributed by atoms with van der Waals surface area (Å²) < 4.78 is 5.65. The van der Waals surface area contributed by atoms with Crippen LogP contribution in [0.25, 0.3) is 0 Å². The Labute approximate surface area is 144 Å². The number of halogens is 1. The Morgan fingerprint density at radius 2 is 2.35 bits per heavy atom. The lowest BCUT2D eigenvalue weighted by Gasteiger charge is -2.16. The number of aromatic nitrogens is 1. The predicted molar refractivity (Wildman–Crippen MR) is 93.2 cm³/mol. The molecular formula is C16H20ClN3O2S. The molecule has 0 unspecified atom stereocenters. The van der Waals surface area contributed by atoms with Gasteiger partial charge in [0.25, 0.3) is 5.91 Å². The van der Waals surface area contributed by atoms with Gasteiger partial charge in [-0.3, -0.25) is 4.79 Å². The maximum atomic E-state index is 12.6. The number of nitrogens with one attached hydrogen (secondary N) is 1. The quantitative estimate of drug-likeness (QED) is 0.713. The number of hydrogen-bond donors (Lipinski definition) is 2. The highest BCUT2D eigenvalue weighted by molar-refractivity contribution is 7.09. The van der Waals surface area contributed by atoms with Crippen LogP contribution in [0.2, 0.25) is 5.02 Å². The number of nitrogens with zero attached hydrogens (tertiary/aromatic N) is 1. The lowest BCUT2D eigenvalue weighted by atomic mass is 10.1. The van der Waals surface area contributed by atoms with Crippen molar-refractivity contribution in [2.75, 3.05) is 13.2 Å². The maximum Gasteiger partial charge on any atom is 0.255 e. The van der Waals surface area contributed by atoms with E-state index in [4.69, 9.17) is 22.1 Å². The highest BCUT2D eigenvalue weighted by Crippen LogP contribution is 2.25. The van der Waals surface area contributed by atoms with Crippen LogP contribution in [-0.4, -0.2) is 24.0 Å². The molecule has 0 saturated heterocycles. The molecule has 3 N–H and O–H groups in total. The second-order valence-electron chi connectivity index (χ2n) is 4.94. The molecule has 0 bridgehead atoms. The number of rotatable bonds is 8. The van der Waals surface area contributed by atoms with Gasteiger partial charge in [0.1, 0.15) is 10.8 Å². The highest BCUT2D eigenvalue weighted by Gasteiger charge is 2.19. The molecule has 7 heteroatoms. The molecule has 0 aliphatic carbocycles. The molecule has 1 amide bonds. The molecule has 2 rings (SSSR count). The summed E-state index contributed by atoms with van der Waals surface area (Å²) in [4.78, 5) is 16.9.